The number of nitrogens with one attached hydrogen (secondary N) is 2. The molecule has 7 nitrogen and oxygen atoms in total. The molecule has 3 atom stereocenters. The highest BCUT2D eigenvalue weighted by Gasteiger charge is 2.53. The molecule has 13 heteroatoms. The normalized spacial score (nSPS) is 21.7. The number of nitrogens with zero attached hydrogens (tertiary/aromatic N) is 1. The van der Waals surface area contributed by atoms with Crippen molar-refractivity contribution >= 4 is 57.8 Å². The number of rotatable bonds is 4. The molecule has 3 amide bonds. The van der Waals surface area contributed by atoms with E-state index in [1.54, 1.807) is 0 Å². The SMILES string of the molecule is O=C(Cn1c2c(sc1=O)C(c1cccs1)C1C(=O)NC(=O)C1S2)Nc1cccc(C(F)(F)F)c1. The lowest BCUT2D eigenvalue weighted by atomic mass is 9.87. The van der Waals surface area contributed by atoms with E-state index >= 15 is 0 Å². The van der Waals surface area contributed by atoms with Gasteiger partial charge in [-0.05, 0) is 29.6 Å². The summed E-state index contributed by atoms with van der Waals surface area (Å²) in [6.45, 7) is -0.446. The van der Waals surface area contributed by atoms with Gasteiger partial charge < -0.3 is 5.32 Å². The van der Waals surface area contributed by atoms with Crippen molar-refractivity contribution in [3.63, 3.8) is 0 Å². The third-order valence-electron chi connectivity index (χ3n) is 5.51. The third kappa shape index (κ3) is 3.97. The maximum atomic E-state index is 13.0. The summed E-state index contributed by atoms with van der Waals surface area (Å²) in [4.78, 5) is 51.4. The van der Waals surface area contributed by atoms with E-state index in [9.17, 15) is 32.3 Å². The number of alkyl halides is 3. The van der Waals surface area contributed by atoms with Gasteiger partial charge in [0.1, 0.15) is 11.8 Å². The van der Waals surface area contributed by atoms with Crippen molar-refractivity contribution in [2.45, 2.75) is 28.9 Å². The number of anilines is 1. The van der Waals surface area contributed by atoms with E-state index in [2.05, 4.69) is 10.6 Å². The first-order chi connectivity index (χ1) is 16.1. The number of thiophene rings is 1. The molecule has 3 aromatic rings. The Morgan fingerprint density at radius 1 is 1.12 bits per heavy atom. The van der Waals surface area contributed by atoms with Crippen LogP contribution in [0.5, 0.6) is 0 Å². The molecule has 2 N–H and O–H groups in total. The summed E-state index contributed by atoms with van der Waals surface area (Å²) in [6, 6.07) is 7.84. The van der Waals surface area contributed by atoms with Gasteiger partial charge in [0.2, 0.25) is 17.7 Å². The zero-order valence-corrected chi connectivity index (χ0v) is 19.4. The van der Waals surface area contributed by atoms with E-state index in [0.717, 1.165) is 40.1 Å². The van der Waals surface area contributed by atoms with Crippen molar-refractivity contribution in [1.29, 1.82) is 0 Å². The first-order valence-corrected chi connectivity index (χ1v) is 12.5. The largest absolute Gasteiger partial charge is 0.416 e. The molecule has 34 heavy (non-hydrogen) atoms. The molecule has 0 saturated carbocycles. The van der Waals surface area contributed by atoms with E-state index in [1.807, 2.05) is 17.5 Å². The molecule has 1 saturated heterocycles. The van der Waals surface area contributed by atoms with Crippen LogP contribution in [0.15, 0.2) is 51.6 Å². The summed E-state index contributed by atoms with van der Waals surface area (Å²) in [5, 5.41) is 6.25. The number of amides is 3. The smallest absolute Gasteiger partial charge is 0.325 e. The van der Waals surface area contributed by atoms with Crippen molar-refractivity contribution in [2.24, 2.45) is 5.92 Å². The van der Waals surface area contributed by atoms with Crippen LogP contribution in [0, 0.1) is 5.92 Å². The maximum absolute atomic E-state index is 13.0. The lowest BCUT2D eigenvalue weighted by Gasteiger charge is -2.29. The Kier molecular flexibility index (Phi) is 5.65. The van der Waals surface area contributed by atoms with Crippen LogP contribution in [0.4, 0.5) is 18.9 Å². The fourth-order valence-corrected chi connectivity index (χ4v) is 7.76. The van der Waals surface area contributed by atoms with Crippen molar-refractivity contribution in [2.75, 3.05) is 5.32 Å². The van der Waals surface area contributed by atoms with Crippen LogP contribution in [0.2, 0.25) is 0 Å². The van der Waals surface area contributed by atoms with Gasteiger partial charge in [-0.25, -0.2) is 0 Å². The molecule has 0 radical (unpaired) electrons. The summed E-state index contributed by atoms with van der Waals surface area (Å²) in [5.41, 5.74) is -0.963. The third-order valence-corrected chi connectivity index (χ3v) is 9.08. The molecular weight excluding hydrogens is 511 g/mol. The molecule has 0 bridgehead atoms. The Labute approximate surface area is 202 Å². The lowest BCUT2D eigenvalue weighted by Crippen LogP contribution is -2.32. The van der Waals surface area contributed by atoms with Crippen molar-refractivity contribution in [1.82, 2.24) is 9.88 Å². The van der Waals surface area contributed by atoms with Gasteiger partial charge in [-0.15, -0.1) is 11.3 Å². The fraction of sp³-hybridized carbons (Fsp3) is 0.238. The Hall–Kier alpha value is -2.90. The van der Waals surface area contributed by atoms with Gasteiger partial charge in [-0.1, -0.05) is 35.2 Å². The highest BCUT2D eigenvalue weighted by molar-refractivity contribution is 8.00. The minimum absolute atomic E-state index is 0.0538. The molecule has 2 aliphatic heterocycles. The van der Waals surface area contributed by atoms with Crippen LogP contribution in [0.1, 0.15) is 21.2 Å². The van der Waals surface area contributed by atoms with E-state index in [0.29, 0.717) is 9.90 Å². The van der Waals surface area contributed by atoms with Crippen LogP contribution in [-0.4, -0.2) is 27.5 Å². The number of halogens is 3. The second-order valence-electron chi connectivity index (χ2n) is 7.66. The number of aromatic nitrogens is 1. The van der Waals surface area contributed by atoms with Crippen LogP contribution in [0.3, 0.4) is 0 Å². The van der Waals surface area contributed by atoms with Gasteiger partial charge in [0, 0.05) is 21.4 Å². The number of thiazole rings is 1. The summed E-state index contributed by atoms with van der Waals surface area (Å²) in [7, 11) is 0. The molecule has 5 rings (SSSR count). The second-order valence-corrected chi connectivity index (χ2v) is 10.8. The molecular formula is C21H14F3N3O4S3. The van der Waals surface area contributed by atoms with E-state index in [4.69, 9.17) is 0 Å². The van der Waals surface area contributed by atoms with Crippen molar-refractivity contribution in [3.05, 3.63) is 66.8 Å². The number of carbonyl (C=O) groups excluding carboxylic acids is 3. The minimum atomic E-state index is -4.56. The molecule has 2 aromatic heterocycles. The molecule has 2 aliphatic rings. The van der Waals surface area contributed by atoms with E-state index in [1.165, 1.54) is 28.0 Å². The quantitative estimate of drug-likeness (QED) is 0.509. The van der Waals surface area contributed by atoms with Gasteiger partial charge in [0.15, 0.2) is 0 Å². The number of carbonyl (C=O) groups is 3. The lowest BCUT2D eigenvalue weighted by molar-refractivity contribution is -0.137. The van der Waals surface area contributed by atoms with Crippen molar-refractivity contribution in [3.8, 4) is 0 Å². The summed E-state index contributed by atoms with van der Waals surface area (Å²) >= 11 is 3.36. The minimum Gasteiger partial charge on any atom is -0.325 e. The number of hydrogen-bond acceptors (Lipinski definition) is 7. The van der Waals surface area contributed by atoms with Crippen LogP contribution >= 0.6 is 34.4 Å². The summed E-state index contributed by atoms with van der Waals surface area (Å²) in [6.07, 6.45) is -4.56. The van der Waals surface area contributed by atoms with Crippen LogP contribution < -0.4 is 15.5 Å². The maximum Gasteiger partial charge on any atom is 0.416 e. The Balaban J connectivity index is 1.47. The van der Waals surface area contributed by atoms with Gasteiger partial charge >= 0.3 is 11.0 Å². The van der Waals surface area contributed by atoms with Gasteiger partial charge in [0.05, 0.1) is 16.5 Å². The topological polar surface area (TPSA) is 97.3 Å². The van der Waals surface area contributed by atoms with Gasteiger partial charge in [-0.2, -0.15) is 13.2 Å². The van der Waals surface area contributed by atoms with E-state index < -0.39 is 58.0 Å². The molecule has 4 heterocycles. The number of hydrogen-bond donors (Lipinski definition) is 2. The zero-order valence-electron chi connectivity index (χ0n) is 16.9. The molecule has 0 spiro atoms. The Morgan fingerprint density at radius 3 is 2.62 bits per heavy atom. The molecule has 176 valence electrons. The van der Waals surface area contributed by atoms with Gasteiger partial charge in [0.25, 0.3) is 0 Å². The first-order valence-electron chi connectivity index (χ1n) is 9.89. The number of benzene rings is 1. The van der Waals surface area contributed by atoms with Crippen LogP contribution in [-0.2, 0) is 27.1 Å². The number of imide groups is 1. The predicted octanol–water partition coefficient (Wildman–Crippen LogP) is 3.51. The zero-order chi connectivity index (χ0) is 24.2. The van der Waals surface area contributed by atoms with Crippen LogP contribution in [0.25, 0.3) is 0 Å². The summed E-state index contributed by atoms with van der Waals surface area (Å²) in [5.74, 6) is -2.72. The molecule has 1 aromatic carbocycles. The molecule has 0 aliphatic carbocycles. The second kappa shape index (κ2) is 8.40. The highest BCUT2D eigenvalue weighted by atomic mass is 32.2. The average Bonchev–Trinajstić information content (AvgIpc) is 3.47. The molecule has 1 fully saturated rings. The monoisotopic (exact) mass is 525 g/mol. The average molecular weight is 526 g/mol. The van der Waals surface area contributed by atoms with Crippen molar-refractivity contribution < 1.29 is 27.6 Å². The predicted molar refractivity (Wildman–Crippen MR) is 121 cm³/mol. The summed E-state index contributed by atoms with van der Waals surface area (Å²) < 4.78 is 40.1. The van der Waals surface area contributed by atoms with E-state index in [-0.39, 0.29) is 5.69 Å². The standard InChI is InChI=1S/C21H14F3N3O4S3/c22-21(23,24)9-3-1-4-10(7-9)25-12(28)8-27-19-16(34-20(27)31)13(11-5-2-6-32-11)14-15(33-19)18(30)26-17(14)29/h1-7,13-15H,8H2,(H,25,28)(H,26,29,30). The first kappa shape index (κ1) is 22.9. The number of thioether (sulfide) groups is 1. The highest BCUT2D eigenvalue weighted by Crippen LogP contribution is 2.52. The Morgan fingerprint density at radius 2 is 1.91 bits per heavy atom. The van der Waals surface area contributed by atoms with Gasteiger partial charge in [-0.3, -0.25) is 29.1 Å². The Bertz CT molecular complexity index is 1360. The fourth-order valence-electron chi connectivity index (χ4n) is 4.07. The number of fused-ring (bicyclic) bond motifs is 2. The molecule has 3 unspecified atom stereocenters.